The first-order valence-electron chi connectivity index (χ1n) is 6.74. The van der Waals surface area contributed by atoms with Crippen molar-refractivity contribution in [3.8, 4) is 0 Å². The van der Waals surface area contributed by atoms with Gasteiger partial charge in [0.25, 0.3) is 0 Å². The number of β-amino-alcohol motifs (C(OH)–C–C–N with tert-alkyl or cyclic N) is 1. The van der Waals surface area contributed by atoms with Gasteiger partial charge in [-0.05, 0) is 32.7 Å². The zero-order valence-corrected chi connectivity index (χ0v) is 10.8. The zero-order valence-electron chi connectivity index (χ0n) is 10.8. The highest BCUT2D eigenvalue weighted by atomic mass is 16.5. The largest absolute Gasteiger partial charge is 0.389 e. The molecule has 1 fully saturated rings. The Morgan fingerprint density at radius 1 is 1.44 bits per heavy atom. The van der Waals surface area contributed by atoms with Gasteiger partial charge in [0.2, 0.25) is 0 Å². The Hall–Kier alpha value is -0.120. The van der Waals surface area contributed by atoms with Crippen LogP contribution in [0.5, 0.6) is 0 Å². The van der Waals surface area contributed by atoms with Gasteiger partial charge in [-0.1, -0.05) is 19.8 Å². The maximum Gasteiger partial charge on any atom is 0.0900 e. The van der Waals surface area contributed by atoms with Crippen LogP contribution < -0.4 is 0 Å². The second kappa shape index (κ2) is 8.04. The van der Waals surface area contributed by atoms with Gasteiger partial charge in [-0.2, -0.15) is 0 Å². The van der Waals surface area contributed by atoms with E-state index in [1.165, 1.54) is 19.3 Å². The maximum absolute atomic E-state index is 9.85. The average Bonchev–Trinajstić information content (AvgIpc) is 2.28. The number of piperidine rings is 1. The molecule has 96 valence electrons. The van der Waals surface area contributed by atoms with Crippen molar-refractivity contribution in [3.63, 3.8) is 0 Å². The van der Waals surface area contributed by atoms with E-state index in [-0.39, 0.29) is 6.10 Å². The molecule has 2 unspecified atom stereocenters. The number of aliphatic hydroxyl groups excluding tert-OH is 1. The number of rotatable bonds is 7. The SMILES string of the molecule is CCCCOCC(O)CN1CCCCC1C. The Bertz CT molecular complexity index is 175. The fraction of sp³-hybridized carbons (Fsp3) is 1.00. The molecule has 0 aromatic heterocycles. The molecule has 16 heavy (non-hydrogen) atoms. The number of aliphatic hydroxyl groups is 1. The molecule has 1 rings (SSSR count). The van der Waals surface area contributed by atoms with Crippen molar-refractivity contribution >= 4 is 0 Å². The van der Waals surface area contributed by atoms with Crippen molar-refractivity contribution in [2.45, 2.75) is 58.1 Å². The first-order valence-corrected chi connectivity index (χ1v) is 6.74. The number of hydrogen-bond acceptors (Lipinski definition) is 3. The number of likely N-dealkylation sites (tertiary alicyclic amines) is 1. The summed E-state index contributed by atoms with van der Waals surface area (Å²) in [7, 11) is 0. The van der Waals surface area contributed by atoms with Crippen LogP contribution in [0.4, 0.5) is 0 Å². The molecular formula is C13H27NO2. The second-order valence-electron chi connectivity index (χ2n) is 4.92. The predicted molar refractivity (Wildman–Crippen MR) is 66.6 cm³/mol. The van der Waals surface area contributed by atoms with Gasteiger partial charge in [-0.15, -0.1) is 0 Å². The summed E-state index contributed by atoms with van der Waals surface area (Å²) in [6.07, 6.45) is 5.79. The Morgan fingerprint density at radius 3 is 2.94 bits per heavy atom. The minimum Gasteiger partial charge on any atom is -0.389 e. The van der Waals surface area contributed by atoms with E-state index in [0.29, 0.717) is 12.6 Å². The van der Waals surface area contributed by atoms with Crippen molar-refractivity contribution in [1.29, 1.82) is 0 Å². The van der Waals surface area contributed by atoms with E-state index < -0.39 is 0 Å². The highest BCUT2D eigenvalue weighted by Gasteiger charge is 2.20. The highest BCUT2D eigenvalue weighted by molar-refractivity contribution is 4.75. The van der Waals surface area contributed by atoms with E-state index in [1.807, 2.05) is 0 Å². The molecule has 0 aliphatic carbocycles. The second-order valence-corrected chi connectivity index (χ2v) is 4.92. The van der Waals surface area contributed by atoms with E-state index in [0.717, 1.165) is 32.5 Å². The normalized spacial score (nSPS) is 24.6. The van der Waals surface area contributed by atoms with Gasteiger partial charge in [0, 0.05) is 19.2 Å². The van der Waals surface area contributed by atoms with Crippen molar-refractivity contribution in [2.75, 3.05) is 26.3 Å². The lowest BCUT2D eigenvalue weighted by Gasteiger charge is -2.34. The Balaban J connectivity index is 2.09. The topological polar surface area (TPSA) is 32.7 Å². The minimum atomic E-state index is -0.322. The summed E-state index contributed by atoms with van der Waals surface area (Å²) in [5.74, 6) is 0. The third-order valence-electron chi connectivity index (χ3n) is 3.34. The summed E-state index contributed by atoms with van der Waals surface area (Å²) < 4.78 is 5.44. The van der Waals surface area contributed by atoms with Crippen LogP contribution in [0.3, 0.4) is 0 Å². The highest BCUT2D eigenvalue weighted by Crippen LogP contribution is 2.16. The Kier molecular flexibility index (Phi) is 7.01. The van der Waals surface area contributed by atoms with Gasteiger partial charge in [0.1, 0.15) is 0 Å². The quantitative estimate of drug-likeness (QED) is 0.678. The van der Waals surface area contributed by atoms with Crippen LogP contribution in [-0.4, -0.2) is 48.5 Å². The number of hydrogen-bond donors (Lipinski definition) is 1. The van der Waals surface area contributed by atoms with Crippen LogP contribution in [-0.2, 0) is 4.74 Å². The summed E-state index contributed by atoms with van der Waals surface area (Å²) in [6.45, 7) is 7.58. The fourth-order valence-corrected chi connectivity index (χ4v) is 2.22. The first-order chi connectivity index (χ1) is 7.74. The molecule has 1 aliphatic heterocycles. The molecular weight excluding hydrogens is 202 g/mol. The van der Waals surface area contributed by atoms with Crippen molar-refractivity contribution < 1.29 is 9.84 Å². The summed E-state index contributed by atoms with van der Waals surface area (Å²) in [6, 6.07) is 0.624. The predicted octanol–water partition coefficient (Wildman–Crippen LogP) is 2.04. The van der Waals surface area contributed by atoms with Crippen molar-refractivity contribution in [2.24, 2.45) is 0 Å². The molecule has 0 amide bonds. The number of unbranched alkanes of at least 4 members (excludes halogenated alkanes) is 1. The van der Waals surface area contributed by atoms with E-state index in [9.17, 15) is 5.11 Å². The van der Waals surface area contributed by atoms with Crippen LogP contribution in [0.25, 0.3) is 0 Å². The van der Waals surface area contributed by atoms with Crippen LogP contribution in [0, 0.1) is 0 Å². The molecule has 1 aliphatic rings. The van der Waals surface area contributed by atoms with Crippen LogP contribution in [0.15, 0.2) is 0 Å². The number of ether oxygens (including phenoxy) is 1. The van der Waals surface area contributed by atoms with Gasteiger partial charge in [0.05, 0.1) is 12.7 Å². The molecule has 0 bridgehead atoms. The zero-order chi connectivity index (χ0) is 11.8. The van der Waals surface area contributed by atoms with Crippen molar-refractivity contribution in [1.82, 2.24) is 4.90 Å². The Labute approximate surface area is 99.8 Å². The van der Waals surface area contributed by atoms with Crippen LogP contribution >= 0.6 is 0 Å². The van der Waals surface area contributed by atoms with Crippen LogP contribution in [0.1, 0.15) is 46.0 Å². The lowest BCUT2D eigenvalue weighted by Crippen LogP contribution is -2.43. The molecule has 0 aromatic carbocycles. The molecule has 1 heterocycles. The fourth-order valence-electron chi connectivity index (χ4n) is 2.22. The summed E-state index contributed by atoms with van der Waals surface area (Å²) >= 11 is 0. The molecule has 0 aromatic rings. The van der Waals surface area contributed by atoms with Gasteiger partial charge in [0.15, 0.2) is 0 Å². The van der Waals surface area contributed by atoms with E-state index in [2.05, 4.69) is 18.7 Å². The molecule has 0 radical (unpaired) electrons. The standard InChI is InChI=1S/C13H27NO2/c1-3-4-9-16-11-13(15)10-14-8-6-5-7-12(14)2/h12-13,15H,3-11H2,1-2H3. The summed E-state index contributed by atoms with van der Waals surface area (Å²) in [5.41, 5.74) is 0. The first kappa shape index (κ1) is 13.9. The summed E-state index contributed by atoms with van der Waals surface area (Å²) in [4.78, 5) is 2.39. The minimum absolute atomic E-state index is 0.322. The van der Waals surface area contributed by atoms with E-state index in [4.69, 9.17) is 4.74 Å². The van der Waals surface area contributed by atoms with E-state index >= 15 is 0 Å². The lowest BCUT2D eigenvalue weighted by molar-refractivity contribution is 0.00363. The van der Waals surface area contributed by atoms with Gasteiger partial charge in [-0.25, -0.2) is 0 Å². The number of nitrogens with zero attached hydrogens (tertiary/aromatic N) is 1. The molecule has 1 saturated heterocycles. The van der Waals surface area contributed by atoms with Crippen molar-refractivity contribution in [3.05, 3.63) is 0 Å². The molecule has 1 N–H and O–H groups in total. The average molecular weight is 229 g/mol. The monoisotopic (exact) mass is 229 g/mol. The Morgan fingerprint density at radius 2 is 2.25 bits per heavy atom. The summed E-state index contributed by atoms with van der Waals surface area (Å²) in [5, 5.41) is 9.85. The maximum atomic E-state index is 9.85. The third-order valence-corrected chi connectivity index (χ3v) is 3.34. The molecule has 0 saturated carbocycles. The van der Waals surface area contributed by atoms with E-state index in [1.54, 1.807) is 0 Å². The van der Waals surface area contributed by atoms with Crippen LogP contribution in [0.2, 0.25) is 0 Å². The van der Waals surface area contributed by atoms with Gasteiger partial charge in [-0.3, -0.25) is 4.90 Å². The van der Waals surface area contributed by atoms with Gasteiger partial charge >= 0.3 is 0 Å². The molecule has 0 spiro atoms. The van der Waals surface area contributed by atoms with Gasteiger partial charge < -0.3 is 9.84 Å². The molecule has 3 nitrogen and oxygen atoms in total. The molecule has 3 heteroatoms. The molecule has 2 atom stereocenters. The lowest BCUT2D eigenvalue weighted by atomic mass is 10.0. The third kappa shape index (κ3) is 5.28. The smallest absolute Gasteiger partial charge is 0.0900 e.